The summed E-state index contributed by atoms with van der Waals surface area (Å²) in [5, 5.41) is 2.80. The fourth-order valence-electron chi connectivity index (χ4n) is 3.75. The number of carbonyl (C=O) groups excluding carboxylic acids is 2. The summed E-state index contributed by atoms with van der Waals surface area (Å²) in [4.78, 5) is 27.6. The molecule has 0 fully saturated rings. The molecule has 0 saturated carbocycles. The van der Waals surface area contributed by atoms with Crippen molar-refractivity contribution in [3.8, 4) is 22.8 Å². The number of nitrogens with one attached hydrogen (secondary N) is 1. The number of ether oxygens (including phenoxy) is 2. The third kappa shape index (κ3) is 5.43. The van der Waals surface area contributed by atoms with Crippen molar-refractivity contribution in [1.82, 2.24) is 9.55 Å². The van der Waals surface area contributed by atoms with E-state index in [1.165, 1.54) is 14.0 Å². The molecule has 1 aromatic heterocycles. The summed E-state index contributed by atoms with van der Waals surface area (Å²) >= 11 is 0. The van der Waals surface area contributed by atoms with Crippen molar-refractivity contribution in [2.24, 2.45) is 0 Å². The lowest BCUT2D eigenvalue weighted by Crippen LogP contribution is -2.06. The second-order valence-electron chi connectivity index (χ2n) is 7.90. The average Bonchev–Trinajstić information content (AvgIpc) is 3.23. The van der Waals surface area contributed by atoms with Crippen molar-refractivity contribution >= 4 is 28.6 Å². The van der Waals surface area contributed by atoms with Crippen molar-refractivity contribution < 1.29 is 19.1 Å². The number of aromatic nitrogens is 2. The van der Waals surface area contributed by atoms with Gasteiger partial charge in [0.25, 0.3) is 0 Å². The molecule has 0 bridgehead atoms. The SMILES string of the molecule is COC(=O)CCCCOc1ccc2nc(-c3ccccc3)n(-c3ccc(NC(C)=O)cc3)c2c1. The van der Waals surface area contributed by atoms with Gasteiger partial charge in [-0.3, -0.25) is 14.2 Å². The Morgan fingerprint density at radius 1 is 0.971 bits per heavy atom. The number of esters is 1. The van der Waals surface area contributed by atoms with Gasteiger partial charge in [-0.25, -0.2) is 4.98 Å². The zero-order valence-corrected chi connectivity index (χ0v) is 19.3. The normalized spacial score (nSPS) is 10.8. The van der Waals surface area contributed by atoms with Crippen LogP contribution < -0.4 is 10.1 Å². The molecule has 34 heavy (non-hydrogen) atoms. The van der Waals surface area contributed by atoms with Crippen LogP contribution in [-0.2, 0) is 14.3 Å². The number of imidazole rings is 1. The van der Waals surface area contributed by atoms with Gasteiger partial charge >= 0.3 is 5.97 Å². The Labute approximate surface area is 198 Å². The predicted molar refractivity (Wildman–Crippen MR) is 132 cm³/mol. The van der Waals surface area contributed by atoms with Gasteiger partial charge in [0.05, 0.1) is 24.8 Å². The van der Waals surface area contributed by atoms with Crippen LogP contribution in [0.2, 0.25) is 0 Å². The van der Waals surface area contributed by atoms with Gasteiger partial charge in [0.1, 0.15) is 11.6 Å². The van der Waals surface area contributed by atoms with E-state index < -0.39 is 0 Å². The molecule has 0 aliphatic carbocycles. The van der Waals surface area contributed by atoms with E-state index in [1.54, 1.807) is 0 Å². The van der Waals surface area contributed by atoms with E-state index in [4.69, 9.17) is 9.72 Å². The van der Waals surface area contributed by atoms with Crippen LogP contribution in [0.5, 0.6) is 5.75 Å². The van der Waals surface area contributed by atoms with Gasteiger partial charge in [0.2, 0.25) is 5.91 Å². The number of anilines is 1. The molecule has 0 atom stereocenters. The summed E-state index contributed by atoms with van der Waals surface area (Å²) in [5.74, 6) is 1.24. The maximum atomic E-state index is 11.4. The van der Waals surface area contributed by atoms with E-state index in [0.717, 1.165) is 46.0 Å². The lowest BCUT2D eigenvalue weighted by molar-refractivity contribution is -0.140. The molecule has 0 radical (unpaired) electrons. The highest BCUT2D eigenvalue weighted by Crippen LogP contribution is 2.31. The molecule has 7 nitrogen and oxygen atoms in total. The molecule has 4 aromatic rings. The summed E-state index contributed by atoms with van der Waals surface area (Å²) < 4.78 is 12.7. The van der Waals surface area contributed by atoms with Gasteiger partial charge in [-0.15, -0.1) is 0 Å². The second kappa shape index (κ2) is 10.7. The van der Waals surface area contributed by atoms with Gasteiger partial charge in [-0.1, -0.05) is 30.3 Å². The third-order valence-electron chi connectivity index (χ3n) is 5.38. The number of amides is 1. The first kappa shape index (κ1) is 23.0. The maximum absolute atomic E-state index is 11.4. The minimum atomic E-state index is -0.205. The molecule has 4 rings (SSSR count). The number of hydrogen-bond donors (Lipinski definition) is 1. The Morgan fingerprint density at radius 2 is 1.74 bits per heavy atom. The molecule has 0 unspecified atom stereocenters. The molecule has 0 spiro atoms. The highest BCUT2D eigenvalue weighted by atomic mass is 16.5. The Hall–Kier alpha value is -4.13. The van der Waals surface area contributed by atoms with E-state index >= 15 is 0 Å². The van der Waals surface area contributed by atoms with Gasteiger partial charge in [0, 0.05) is 36.3 Å². The number of unbranched alkanes of at least 4 members (excludes halogenated alkanes) is 1. The van der Waals surface area contributed by atoms with Crippen LogP contribution in [0.25, 0.3) is 28.1 Å². The van der Waals surface area contributed by atoms with Crippen LogP contribution in [-0.4, -0.2) is 35.1 Å². The quantitative estimate of drug-likeness (QED) is 0.270. The van der Waals surface area contributed by atoms with E-state index in [-0.39, 0.29) is 11.9 Å². The minimum Gasteiger partial charge on any atom is -0.494 e. The molecule has 0 aliphatic rings. The number of hydrogen-bond acceptors (Lipinski definition) is 5. The van der Waals surface area contributed by atoms with Crippen LogP contribution in [0, 0.1) is 0 Å². The summed E-state index contributed by atoms with van der Waals surface area (Å²) in [6.45, 7) is 2.00. The van der Waals surface area contributed by atoms with E-state index in [9.17, 15) is 9.59 Å². The summed E-state index contributed by atoms with van der Waals surface area (Å²) in [7, 11) is 1.40. The lowest BCUT2D eigenvalue weighted by Gasteiger charge is -2.12. The standard InChI is InChI=1S/C27H27N3O4/c1-19(31)28-21-11-13-22(14-12-21)30-25-18-23(34-17-7-6-10-26(32)33-2)15-16-24(25)29-27(30)20-8-4-3-5-9-20/h3-5,8-9,11-16,18H,6-7,10,17H2,1-2H3,(H,28,31). The first-order chi connectivity index (χ1) is 16.5. The van der Waals surface area contributed by atoms with E-state index in [2.05, 4.69) is 14.6 Å². The smallest absolute Gasteiger partial charge is 0.305 e. The first-order valence-corrected chi connectivity index (χ1v) is 11.2. The van der Waals surface area contributed by atoms with Crippen molar-refractivity contribution in [2.45, 2.75) is 26.2 Å². The second-order valence-corrected chi connectivity index (χ2v) is 7.90. The summed E-state index contributed by atoms with van der Waals surface area (Å²) in [6.07, 6.45) is 1.86. The maximum Gasteiger partial charge on any atom is 0.305 e. The predicted octanol–water partition coefficient (Wildman–Crippen LogP) is 5.37. The van der Waals surface area contributed by atoms with E-state index in [1.807, 2.05) is 72.8 Å². The van der Waals surface area contributed by atoms with Gasteiger partial charge in [-0.05, 0) is 49.2 Å². The summed E-state index contributed by atoms with van der Waals surface area (Å²) in [5.41, 5.74) is 4.42. The van der Waals surface area contributed by atoms with E-state index in [0.29, 0.717) is 19.4 Å². The molecule has 174 valence electrons. The number of rotatable bonds is 9. The van der Waals surface area contributed by atoms with Crippen LogP contribution >= 0.6 is 0 Å². The average molecular weight is 458 g/mol. The van der Waals surface area contributed by atoms with Crippen molar-refractivity contribution in [3.63, 3.8) is 0 Å². The van der Waals surface area contributed by atoms with Crippen LogP contribution in [0.1, 0.15) is 26.2 Å². The summed E-state index contributed by atoms with van der Waals surface area (Å²) in [6, 6.07) is 23.5. The van der Waals surface area contributed by atoms with Crippen LogP contribution in [0.4, 0.5) is 5.69 Å². The molecular formula is C27H27N3O4. The Balaban J connectivity index is 1.65. The molecular weight excluding hydrogens is 430 g/mol. The molecule has 1 amide bonds. The molecule has 1 N–H and O–H groups in total. The highest BCUT2D eigenvalue weighted by Gasteiger charge is 2.15. The number of methoxy groups -OCH3 is 1. The number of fused-ring (bicyclic) bond motifs is 1. The largest absolute Gasteiger partial charge is 0.494 e. The zero-order valence-electron chi connectivity index (χ0n) is 19.3. The molecule has 7 heteroatoms. The molecule has 3 aromatic carbocycles. The molecule has 0 aliphatic heterocycles. The lowest BCUT2D eigenvalue weighted by atomic mass is 10.2. The topological polar surface area (TPSA) is 82.4 Å². The van der Waals surface area contributed by atoms with Crippen LogP contribution in [0.3, 0.4) is 0 Å². The van der Waals surface area contributed by atoms with Crippen molar-refractivity contribution in [2.75, 3.05) is 19.0 Å². The van der Waals surface area contributed by atoms with Gasteiger partial charge in [-0.2, -0.15) is 0 Å². The van der Waals surface area contributed by atoms with Gasteiger partial charge in [0.15, 0.2) is 0 Å². The Morgan fingerprint density at radius 3 is 2.44 bits per heavy atom. The zero-order chi connectivity index (χ0) is 23.9. The molecule has 1 heterocycles. The Bertz CT molecular complexity index is 1280. The minimum absolute atomic E-state index is 0.112. The monoisotopic (exact) mass is 457 g/mol. The fourth-order valence-corrected chi connectivity index (χ4v) is 3.75. The van der Waals surface area contributed by atoms with Crippen LogP contribution in [0.15, 0.2) is 72.8 Å². The highest BCUT2D eigenvalue weighted by molar-refractivity contribution is 5.89. The molecule has 0 saturated heterocycles. The van der Waals surface area contributed by atoms with Crippen molar-refractivity contribution in [3.05, 3.63) is 72.8 Å². The van der Waals surface area contributed by atoms with Crippen molar-refractivity contribution in [1.29, 1.82) is 0 Å². The fraction of sp³-hybridized carbons (Fsp3) is 0.222. The first-order valence-electron chi connectivity index (χ1n) is 11.2. The number of carbonyl (C=O) groups is 2. The van der Waals surface area contributed by atoms with Gasteiger partial charge < -0.3 is 14.8 Å². The third-order valence-corrected chi connectivity index (χ3v) is 5.38. The Kier molecular flexibility index (Phi) is 7.22. The number of benzene rings is 3. The number of nitrogens with zero attached hydrogens (tertiary/aromatic N) is 2.